The molecule has 0 aromatic carbocycles. The number of nitrogens with zero attached hydrogens (tertiary/aromatic N) is 4. The van der Waals surface area contributed by atoms with Crippen LogP contribution < -0.4 is 5.32 Å². The van der Waals surface area contributed by atoms with Crippen molar-refractivity contribution in [2.75, 3.05) is 34.0 Å². The Bertz CT molecular complexity index is 265. The van der Waals surface area contributed by atoms with Crippen molar-refractivity contribution in [3.05, 3.63) is 5.82 Å². The molecular weight excluding hydrogens is 198 g/mol. The van der Waals surface area contributed by atoms with E-state index in [1.165, 1.54) is 0 Å². The van der Waals surface area contributed by atoms with Gasteiger partial charge in [0.25, 0.3) is 0 Å². The number of tetrazole rings is 1. The Balaban J connectivity index is 2.21. The molecule has 0 fully saturated rings. The minimum Gasteiger partial charge on any atom is -0.382 e. The molecule has 7 nitrogen and oxygen atoms in total. The number of aromatic nitrogens is 4. The lowest BCUT2D eigenvalue weighted by Crippen LogP contribution is -2.16. The predicted molar refractivity (Wildman–Crippen MR) is 53.3 cm³/mol. The normalized spacial score (nSPS) is 10.8. The summed E-state index contributed by atoms with van der Waals surface area (Å²) in [6, 6.07) is 0. The van der Waals surface area contributed by atoms with Crippen molar-refractivity contribution in [1.82, 2.24) is 25.5 Å². The average molecular weight is 215 g/mol. The average Bonchev–Trinajstić information content (AvgIpc) is 2.66. The number of nitrogens with one attached hydrogen (secondary N) is 1. The molecule has 0 aliphatic carbocycles. The minimum atomic E-state index is 0.588. The maximum atomic E-state index is 5.32. The van der Waals surface area contributed by atoms with Crippen LogP contribution in [-0.4, -0.2) is 54.2 Å². The van der Waals surface area contributed by atoms with Gasteiger partial charge >= 0.3 is 0 Å². The molecule has 1 N–H and O–H groups in total. The third-order valence-corrected chi connectivity index (χ3v) is 1.82. The molecule has 0 saturated heterocycles. The minimum absolute atomic E-state index is 0.588. The Hall–Kier alpha value is -1.05. The number of ether oxygens (including phenoxy) is 2. The maximum Gasteiger partial charge on any atom is 0.165 e. The van der Waals surface area contributed by atoms with E-state index >= 15 is 0 Å². The second-order valence-corrected chi connectivity index (χ2v) is 2.95. The van der Waals surface area contributed by atoms with Crippen molar-refractivity contribution in [2.24, 2.45) is 0 Å². The molecule has 86 valence electrons. The number of rotatable bonds is 8. The first-order chi connectivity index (χ1) is 7.38. The molecule has 0 spiro atoms. The summed E-state index contributed by atoms with van der Waals surface area (Å²) in [5.41, 5.74) is 0. The SMILES string of the molecule is CNCc1nnnn1CCOCCOC. The van der Waals surface area contributed by atoms with E-state index in [0.29, 0.717) is 32.9 Å². The van der Waals surface area contributed by atoms with E-state index in [0.717, 1.165) is 5.82 Å². The van der Waals surface area contributed by atoms with E-state index in [1.54, 1.807) is 11.8 Å². The highest BCUT2D eigenvalue weighted by molar-refractivity contribution is 4.78. The largest absolute Gasteiger partial charge is 0.382 e. The third-order valence-electron chi connectivity index (χ3n) is 1.82. The third kappa shape index (κ3) is 4.32. The van der Waals surface area contributed by atoms with E-state index in [2.05, 4.69) is 20.8 Å². The van der Waals surface area contributed by atoms with Gasteiger partial charge in [0.15, 0.2) is 5.82 Å². The fourth-order valence-electron chi connectivity index (χ4n) is 1.08. The highest BCUT2D eigenvalue weighted by atomic mass is 16.5. The molecule has 7 heteroatoms. The molecule has 1 rings (SSSR count). The number of hydrogen-bond acceptors (Lipinski definition) is 6. The lowest BCUT2D eigenvalue weighted by atomic mass is 10.5. The zero-order chi connectivity index (χ0) is 10.9. The second-order valence-electron chi connectivity index (χ2n) is 2.95. The molecule has 0 amide bonds. The van der Waals surface area contributed by atoms with Crippen molar-refractivity contribution in [1.29, 1.82) is 0 Å². The summed E-state index contributed by atoms with van der Waals surface area (Å²) in [6.45, 7) is 3.11. The van der Waals surface area contributed by atoms with Crippen molar-refractivity contribution in [3.63, 3.8) is 0 Å². The van der Waals surface area contributed by atoms with Gasteiger partial charge in [-0.3, -0.25) is 0 Å². The van der Waals surface area contributed by atoms with Crippen LogP contribution in [0.15, 0.2) is 0 Å². The highest BCUT2D eigenvalue weighted by Crippen LogP contribution is 1.91. The van der Waals surface area contributed by atoms with E-state index in [1.807, 2.05) is 7.05 Å². The van der Waals surface area contributed by atoms with Crippen LogP contribution in [0.2, 0.25) is 0 Å². The molecule has 1 aromatic rings. The van der Waals surface area contributed by atoms with Gasteiger partial charge in [0.2, 0.25) is 0 Å². The topological polar surface area (TPSA) is 74.1 Å². The molecule has 0 saturated carbocycles. The summed E-state index contributed by atoms with van der Waals surface area (Å²) in [5.74, 6) is 0.813. The van der Waals surface area contributed by atoms with Crippen LogP contribution in [0.25, 0.3) is 0 Å². The Labute approximate surface area is 88.7 Å². The maximum absolute atomic E-state index is 5.32. The zero-order valence-electron chi connectivity index (χ0n) is 9.14. The van der Waals surface area contributed by atoms with Crippen molar-refractivity contribution in [2.45, 2.75) is 13.1 Å². The van der Waals surface area contributed by atoms with Crippen LogP contribution in [0.3, 0.4) is 0 Å². The van der Waals surface area contributed by atoms with Crippen LogP contribution in [0.4, 0.5) is 0 Å². The van der Waals surface area contributed by atoms with Gasteiger partial charge in [0.05, 0.1) is 32.9 Å². The lowest BCUT2D eigenvalue weighted by molar-refractivity contribution is 0.0648. The molecule has 0 radical (unpaired) electrons. The van der Waals surface area contributed by atoms with Gasteiger partial charge in [-0.05, 0) is 17.5 Å². The van der Waals surface area contributed by atoms with Crippen LogP contribution in [0.5, 0.6) is 0 Å². The van der Waals surface area contributed by atoms with Crippen molar-refractivity contribution < 1.29 is 9.47 Å². The second kappa shape index (κ2) is 7.27. The van der Waals surface area contributed by atoms with E-state index in [9.17, 15) is 0 Å². The number of hydrogen-bond donors (Lipinski definition) is 1. The molecule has 1 heterocycles. The molecule has 15 heavy (non-hydrogen) atoms. The van der Waals surface area contributed by atoms with Gasteiger partial charge in [0.1, 0.15) is 0 Å². The molecule has 1 aromatic heterocycles. The van der Waals surface area contributed by atoms with Gasteiger partial charge in [-0.25, -0.2) is 4.68 Å². The Morgan fingerprint density at radius 3 is 2.93 bits per heavy atom. The standard InChI is InChI=1S/C8H17N5O2/c1-9-7-8-10-11-12-13(8)3-4-15-6-5-14-2/h9H,3-7H2,1-2H3. The fraction of sp³-hybridized carbons (Fsp3) is 0.875. The van der Waals surface area contributed by atoms with Gasteiger partial charge in [-0.1, -0.05) is 0 Å². The predicted octanol–water partition coefficient (Wildman–Crippen LogP) is -0.944. The summed E-state index contributed by atoms with van der Waals surface area (Å²) in [6.07, 6.45) is 0. The van der Waals surface area contributed by atoms with Crippen LogP contribution >= 0.6 is 0 Å². The summed E-state index contributed by atoms with van der Waals surface area (Å²) in [7, 11) is 3.50. The zero-order valence-corrected chi connectivity index (χ0v) is 9.14. The summed E-state index contributed by atoms with van der Waals surface area (Å²) >= 11 is 0. The first kappa shape index (κ1) is 12.0. The monoisotopic (exact) mass is 215 g/mol. The van der Waals surface area contributed by atoms with Gasteiger partial charge < -0.3 is 14.8 Å². The summed E-state index contributed by atoms with van der Waals surface area (Å²) in [5, 5.41) is 14.3. The molecular formula is C8H17N5O2. The van der Waals surface area contributed by atoms with Crippen LogP contribution in [-0.2, 0) is 22.6 Å². The van der Waals surface area contributed by atoms with Gasteiger partial charge in [-0.15, -0.1) is 5.10 Å². The van der Waals surface area contributed by atoms with E-state index in [4.69, 9.17) is 9.47 Å². The quantitative estimate of drug-likeness (QED) is 0.564. The molecule has 0 bridgehead atoms. The Morgan fingerprint density at radius 2 is 2.20 bits per heavy atom. The van der Waals surface area contributed by atoms with Gasteiger partial charge in [-0.2, -0.15) is 0 Å². The smallest absolute Gasteiger partial charge is 0.165 e. The van der Waals surface area contributed by atoms with Crippen LogP contribution in [0, 0.1) is 0 Å². The fourth-order valence-corrected chi connectivity index (χ4v) is 1.08. The Kier molecular flexibility index (Phi) is 5.83. The molecule has 0 atom stereocenters. The number of methoxy groups -OCH3 is 1. The van der Waals surface area contributed by atoms with E-state index < -0.39 is 0 Å². The van der Waals surface area contributed by atoms with Gasteiger partial charge in [0, 0.05) is 7.11 Å². The lowest BCUT2D eigenvalue weighted by Gasteiger charge is -2.05. The first-order valence-corrected chi connectivity index (χ1v) is 4.84. The van der Waals surface area contributed by atoms with Crippen molar-refractivity contribution in [3.8, 4) is 0 Å². The Morgan fingerprint density at radius 1 is 1.33 bits per heavy atom. The highest BCUT2D eigenvalue weighted by Gasteiger charge is 2.03. The summed E-state index contributed by atoms with van der Waals surface area (Å²) < 4.78 is 11.9. The molecule has 0 aliphatic rings. The summed E-state index contributed by atoms with van der Waals surface area (Å²) in [4.78, 5) is 0. The first-order valence-electron chi connectivity index (χ1n) is 4.84. The van der Waals surface area contributed by atoms with E-state index in [-0.39, 0.29) is 0 Å². The van der Waals surface area contributed by atoms with Crippen LogP contribution in [0.1, 0.15) is 5.82 Å². The molecule has 0 unspecified atom stereocenters. The van der Waals surface area contributed by atoms with Crippen molar-refractivity contribution >= 4 is 0 Å². The molecule has 0 aliphatic heterocycles.